The first-order valence-electron chi connectivity index (χ1n) is 7.17. The van der Waals surface area contributed by atoms with Crippen LogP contribution in [0, 0.1) is 5.92 Å². The number of hydrogen-bond acceptors (Lipinski definition) is 2. The molecule has 0 atom stereocenters. The van der Waals surface area contributed by atoms with E-state index in [-0.39, 0.29) is 0 Å². The van der Waals surface area contributed by atoms with Crippen LogP contribution < -0.4 is 4.90 Å². The van der Waals surface area contributed by atoms with E-state index < -0.39 is 0 Å². The van der Waals surface area contributed by atoms with Gasteiger partial charge in [0.15, 0.2) is 0 Å². The first kappa shape index (κ1) is 11.8. The summed E-state index contributed by atoms with van der Waals surface area (Å²) in [7, 11) is 0. The number of rotatable bonds is 2. The number of Topliss-reactive ketones (excluding diaryl/α,β-unsaturated/α-hetero) is 1. The smallest absolute Gasteiger partial charge is 0.132 e. The van der Waals surface area contributed by atoms with E-state index in [1.165, 1.54) is 30.6 Å². The number of ketones is 1. The molecule has 2 aliphatic rings. The van der Waals surface area contributed by atoms with Gasteiger partial charge >= 0.3 is 0 Å². The molecule has 0 N–H and O–H groups in total. The summed E-state index contributed by atoms with van der Waals surface area (Å²) in [4.78, 5) is 13.8. The van der Waals surface area contributed by atoms with Gasteiger partial charge in [0.2, 0.25) is 0 Å². The molecule has 0 spiro atoms. The zero-order chi connectivity index (χ0) is 12.4. The van der Waals surface area contributed by atoms with Crippen molar-refractivity contribution in [1.82, 2.24) is 0 Å². The van der Waals surface area contributed by atoms with E-state index >= 15 is 0 Å². The van der Waals surface area contributed by atoms with E-state index in [9.17, 15) is 4.79 Å². The molecule has 1 aromatic rings. The van der Waals surface area contributed by atoms with Gasteiger partial charge in [0.05, 0.1) is 0 Å². The van der Waals surface area contributed by atoms with E-state index in [2.05, 4.69) is 29.2 Å². The van der Waals surface area contributed by atoms with Gasteiger partial charge in [-0.2, -0.15) is 0 Å². The number of nitrogens with zero attached hydrogens (tertiary/aromatic N) is 1. The Labute approximate surface area is 109 Å². The largest absolute Gasteiger partial charge is 0.371 e. The zero-order valence-electron chi connectivity index (χ0n) is 10.9. The van der Waals surface area contributed by atoms with Gasteiger partial charge in [0, 0.05) is 31.6 Å². The molecule has 1 heterocycles. The number of anilines is 1. The molecule has 0 amide bonds. The summed E-state index contributed by atoms with van der Waals surface area (Å²) >= 11 is 0. The highest BCUT2D eigenvalue weighted by Crippen LogP contribution is 2.30. The molecule has 2 heteroatoms. The van der Waals surface area contributed by atoms with Crippen LogP contribution in [0.4, 0.5) is 5.69 Å². The number of fused-ring (bicyclic) bond motifs is 1. The van der Waals surface area contributed by atoms with Crippen LogP contribution in [0.1, 0.15) is 37.7 Å². The Balaban J connectivity index is 1.69. The molecule has 1 saturated carbocycles. The fourth-order valence-corrected chi connectivity index (χ4v) is 3.29. The van der Waals surface area contributed by atoms with E-state index in [0.717, 1.165) is 32.2 Å². The first-order valence-corrected chi connectivity index (χ1v) is 7.17. The molecule has 1 aliphatic carbocycles. The summed E-state index contributed by atoms with van der Waals surface area (Å²) in [5.41, 5.74) is 2.93. The number of para-hydroxylation sites is 1. The fourth-order valence-electron chi connectivity index (χ4n) is 3.29. The highest BCUT2D eigenvalue weighted by Gasteiger charge is 2.23. The van der Waals surface area contributed by atoms with Gasteiger partial charge in [-0.25, -0.2) is 0 Å². The van der Waals surface area contributed by atoms with Crippen LogP contribution in [0.15, 0.2) is 24.3 Å². The molecule has 0 aromatic heterocycles. The molecule has 0 radical (unpaired) electrons. The van der Waals surface area contributed by atoms with Crippen molar-refractivity contribution < 1.29 is 4.79 Å². The van der Waals surface area contributed by atoms with E-state index in [1.807, 2.05) is 0 Å². The van der Waals surface area contributed by atoms with Crippen molar-refractivity contribution in [3.8, 4) is 0 Å². The third-order valence-electron chi connectivity index (χ3n) is 4.35. The van der Waals surface area contributed by atoms with Crippen molar-refractivity contribution in [1.29, 1.82) is 0 Å². The van der Waals surface area contributed by atoms with Crippen LogP contribution >= 0.6 is 0 Å². The predicted molar refractivity (Wildman–Crippen MR) is 73.9 cm³/mol. The minimum Gasteiger partial charge on any atom is -0.371 e. The summed E-state index contributed by atoms with van der Waals surface area (Å²) in [6, 6.07) is 8.79. The van der Waals surface area contributed by atoms with Gasteiger partial charge in [-0.05, 0) is 43.2 Å². The summed E-state index contributed by atoms with van der Waals surface area (Å²) < 4.78 is 0. The Morgan fingerprint density at radius 1 is 1.11 bits per heavy atom. The maximum absolute atomic E-state index is 11.3. The van der Waals surface area contributed by atoms with Crippen LogP contribution in [0.25, 0.3) is 0 Å². The molecule has 18 heavy (non-hydrogen) atoms. The zero-order valence-corrected chi connectivity index (χ0v) is 10.9. The van der Waals surface area contributed by atoms with Gasteiger partial charge in [-0.1, -0.05) is 18.2 Å². The predicted octanol–water partition coefficient (Wildman–Crippen LogP) is 3.20. The molecule has 2 nitrogen and oxygen atoms in total. The average molecular weight is 243 g/mol. The Kier molecular flexibility index (Phi) is 3.35. The molecular formula is C16H21NO. The van der Waals surface area contributed by atoms with Crippen molar-refractivity contribution in [3.63, 3.8) is 0 Å². The highest BCUT2D eigenvalue weighted by atomic mass is 16.1. The van der Waals surface area contributed by atoms with Crippen LogP contribution in [0.2, 0.25) is 0 Å². The number of benzene rings is 1. The molecule has 0 bridgehead atoms. The van der Waals surface area contributed by atoms with Crippen molar-refractivity contribution in [2.75, 3.05) is 18.0 Å². The van der Waals surface area contributed by atoms with Gasteiger partial charge in [0.1, 0.15) is 5.78 Å². The molecule has 1 fully saturated rings. The highest BCUT2D eigenvalue weighted by molar-refractivity contribution is 5.79. The Morgan fingerprint density at radius 2 is 1.89 bits per heavy atom. The molecule has 96 valence electrons. The van der Waals surface area contributed by atoms with E-state index in [1.54, 1.807) is 0 Å². The summed E-state index contributed by atoms with van der Waals surface area (Å²) in [5.74, 6) is 1.18. The Bertz CT molecular complexity index is 430. The lowest BCUT2D eigenvalue weighted by Gasteiger charge is -2.35. The normalized spacial score (nSPS) is 20.9. The first-order chi connectivity index (χ1) is 8.83. The molecular weight excluding hydrogens is 222 g/mol. The van der Waals surface area contributed by atoms with Crippen molar-refractivity contribution >= 4 is 11.5 Å². The number of hydrogen-bond donors (Lipinski definition) is 0. The summed E-state index contributed by atoms with van der Waals surface area (Å²) in [5, 5.41) is 0. The Hall–Kier alpha value is -1.31. The molecule has 1 aromatic carbocycles. The lowest BCUT2D eigenvalue weighted by atomic mass is 9.87. The molecule has 1 aliphatic heterocycles. The van der Waals surface area contributed by atoms with Crippen molar-refractivity contribution in [2.45, 2.75) is 38.5 Å². The maximum Gasteiger partial charge on any atom is 0.132 e. The number of carbonyl (C=O) groups is 1. The second kappa shape index (κ2) is 5.13. The minimum absolute atomic E-state index is 0.463. The van der Waals surface area contributed by atoms with Gasteiger partial charge in [0.25, 0.3) is 0 Å². The van der Waals surface area contributed by atoms with Crippen LogP contribution in [0.3, 0.4) is 0 Å². The third-order valence-corrected chi connectivity index (χ3v) is 4.35. The van der Waals surface area contributed by atoms with E-state index in [4.69, 9.17) is 0 Å². The van der Waals surface area contributed by atoms with E-state index in [0.29, 0.717) is 11.7 Å². The lowest BCUT2D eigenvalue weighted by molar-refractivity contribution is -0.120. The second-order valence-corrected chi connectivity index (χ2v) is 5.66. The molecule has 0 saturated heterocycles. The van der Waals surface area contributed by atoms with Crippen LogP contribution in [-0.2, 0) is 11.2 Å². The molecule has 3 rings (SSSR count). The fraction of sp³-hybridized carbons (Fsp3) is 0.562. The maximum atomic E-state index is 11.3. The minimum atomic E-state index is 0.463. The summed E-state index contributed by atoms with van der Waals surface area (Å²) in [6.07, 6.45) is 6.29. The number of aryl methyl sites for hydroxylation is 1. The van der Waals surface area contributed by atoms with Gasteiger partial charge in [-0.3, -0.25) is 4.79 Å². The quantitative estimate of drug-likeness (QED) is 0.795. The molecule has 0 unspecified atom stereocenters. The lowest BCUT2D eigenvalue weighted by Crippen LogP contribution is -2.35. The Morgan fingerprint density at radius 3 is 2.72 bits per heavy atom. The third kappa shape index (κ3) is 2.43. The topological polar surface area (TPSA) is 20.3 Å². The standard InChI is InChI=1S/C16H21NO/c18-15-9-7-13(8-10-15)12-17-11-3-5-14-4-1-2-6-16(14)17/h1-2,4,6,13H,3,5,7-12H2. The summed E-state index contributed by atoms with van der Waals surface area (Å²) in [6.45, 7) is 2.33. The number of carbonyl (C=O) groups excluding carboxylic acids is 1. The second-order valence-electron chi connectivity index (χ2n) is 5.66. The van der Waals surface area contributed by atoms with Gasteiger partial charge in [-0.15, -0.1) is 0 Å². The average Bonchev–Trinajstić information content (AvgIpc) is 2.42. The van der Waals surface area contributed by atoms with Gasteiger partial charge < -0.3 is 4.90 Å². The monoisotopic (exact) mass is 243 g/mol. The van der Waals surface area contributed by atoms with Crippen molar-refractivity contribution in [2.24, 2.45) is 5.92 Å². The van der Waals surface area contributed by atoms with Crippen molar-refractivity contribution in [3.05, 3.63) is 29.8 Å². The SMILES string of the molecule is O=C1CCC(CN2CCCc3ccccc32)CC1. The van der Waals surface area contributed by atoms with Crippen LogP contribution in [0.5, 0.6) is 0 Å². The van der Waals surface area contributed by atoms with Crippen LogP contribution in [-0.4, -0.2) is 18.9 Å².